The average molecular weight is 620 g/mol. The summed E-state index contributed by atoms with van der Waals surface area (Å²) in [7, 11) is 3.12. The number of para-hydroxylation sites is 1. The summed E-state index contributed by atoms with van der Waals surface area (Å²) in [6, 6.07) is 19.3. The highest BCUT2D eigenvalue weighted by atomic mass is 127. The van der Waals surface area contributed by atoms with Gasteiger partial charge in [-0.2, -0.15) is 0 Å². The van der Waals surface area contributed by atoms with Gasteiger partial charge in [-0.05, 0) is 65.1 Å². The van der Waals surface area contributed by atoms with Crippen LogP contribution < -0.4 is 25.1 Å². The van der Waals surface area contributed by atoms with Gasteiger partial charge in [-0.25, -0.2) is 4.98 Å². The topological polar surface area (TPSA) is 105 Å². The largest absolute Gasteiger partial charge is 0.493 e. The van der Waals surface area contributed by atoms with E-state index >= 15 is 0 Å². The van der Waals surface area contributed by atoms with Crippen molar-refractivity contribution in [1.82, 2.24) is 14.5 Å². The van der Waals surface area contributed by atoms with Crippen LogP contribution in [0.3, 0.4) is 0 Å². The SMILES string of the molecule is COc1cc2nccc(Oc3ccc(NC(=O)c4cc(I)cn(-c5ccccc5)c4=O)nc3)c2cc1OC. The van der Waals surface area contributed by atoms with E-state index in [0.717, 1.165) is 8.96 Å². The number of pyridine rings is 3. The second kappa shape index (κ2) is 10.9. The van der Waals surface area contributed by atoms with Crippen molar-refractivity contribution in [2.45, 2.75) is 0 Å². The summed E-state index contributed by atoms with van der Waals surface area (Å²) in [5, 5.41) is 3.42. The van der Waals surface area contributed by atoms with Crippen LogP contribution in [-0.2, 0) is 0 Å². The number of anilines is 1. The van der Waals surface area contributed by atoms with Gasteiger partial charge in [0.15, 0.2) is 11.5 Å². The van der Waals surface area contributed by atoms with E-state index in [4.69, 9.17) is 14.2 Å². The summed E-state index contributed by atoms with van der Waals surface area (Å²) in [6.45, 7) is 0. The molecule has 0 aliphatic heterocycles. The molecule has 3 heterocycles. The minimum absolute atomic E-state index is 0.00973. The van der Waals surface area contributed by atoms with Gasteiger partial charge in [0.1, 0.15) is 22.9 Å². The summed E-state index contributed by atoms with van der Waals surface area (Å²) in [6.07, 6.45) is 4.81. The van der Waals surface area contributed by atoms with Gasteiger partial charge in [0, 0.05) is 33.1 Å². The van der Waals surface area contributed by atoms with Gasteiger partial charge in [-0.3, -0.25) is 19.1 Å². The molecule has 0 bridgehead atoms. The zero-order chi connectivity index (χ0) is 26.6. The van der Waals surface area contributed by atoms with Crippen molar-refractivity contribution >= 4 is 45.2 Å². The Morgan fingerprint density at radius 1 is 0.921 bits per heavy atom. The number of hydrogen-bond donors (Lipinski definition) is 1. The molecule has 38 heavy (non-hydrogen) atoms. The third-order valence-corrected chi connectivity index (χ3v) is 6.27. The Balaban J connectivity index is 1.36. The summed E-state index contributed by atoms with van der Waals surface area (Å²) in [5.74, 6) is 1.84. The van der Waals surface area contributed by atoms with Crippen molar-refractivity contribution in [3.63, 3.8) is 0 Å². The maximum absolute atomic E-state index is 13.0. The number of hydrogen-bond acceptors (Lipinski definition) is 7. The average Bonchev–Trinajstić information content (AvgIpc) is 2.95. The molecule has 10 heteroatoms. The Hall–Kier alpha value is -4.45. The van der Waals surface area contributed by atoms with Crippen LogP contribution in [0.1, 0.15) is 10.4 Å². The maximum atomic E-state index is 13.0. The number of rotatable bonds is 7. The van der Waals surface area contributed by atoms with E-state index < -0.39 is 11.5 Å². The number of fused-ring (bicyclic) bond motifs is 1. The Kier molecular flexibility index (Phi) is 7.22. The minimum atomic E-state index is -0.555. The molecule has 1 amide bonds. The van der Waals surface area contributed by atoms with Gasteiger partial charge < -0.3 is 19.5 Å². The van der Waals surface area contributed by atoms with E-state index in [-0.39, 0.29) is 11.4 Å². The number of methoxy groups -OCH3 is 2. The molecule has 0 atom stereocenters. The molecule has 2 aromatic carbocycles. The number of carbonyl (C=O) groups excluding carboxylic acids is 1. The Morgan fingerprint density at radius 3 is 2.39 bits per heavy atom. The lowest BCUT2D eigenvalue weighted by molar-refractivity contribution is 0.102. The highest BCUT2D eigenvalue weighted by molar-refractivity contribution is 14.1. The number of carbonyl (C=O) groups is 1. The van der Waals surface area contributed by atoms with Gasteiger partial charge in [0.25, 0.3) is 11.5 Å². The van der Waals surface area contributed by atoms with E-state index in [1.807, 2.05) is 18.2 Å². The standard InChI is InChI=1S/C28H21IN4O5/c1-36-24-13-20-22(14-25(24)37-2)30-11-10-23(20)38-19-8-9-26(31-15-19)32-27(34)21-12-17(29)16-33(28(21)35)18-6-4-3-5-7-18/h3-16H,1-2H3,(H,31,32,34). The molecular formula is C28H21IN4O5. The van der Waals surface area contributed by atoms with Crippen molar-refractivity contribution in [1.29, 1.82) is 0 Å². The molecule has 0 fully saturated rings. The number of ether oxygens (including phenoxy) is 3. The molecule has 0 spiro atoms. The third kappa shape index (κ3) is 5.16. The summed E-state index contributed by atoms with van der Waals surface area (Å²) < 4.78 is 19.0. The van der Waals surface area contributed by atoms with Crippen molar-refractivity contribution in [2.75, 3.05) is 19.5 Å². The number of nitrogens with zero attached hydrogens (tertiary/aromatic N) is 3. The molecule has 0 saturated carbocycles. The van der Waals surface area contributed by atoms with Crippen LogP contribution in [-0.4, -0.2) is 34.7 Å². The summed E-state index contributed by atoms with van der Waals surface area (Å²) >= 11 is 2.08. The van der Waals surface area contributed by atoms with Crippen LogP contribution in [0.2, 0.25) is 0 Å². The van der Waals surface area contributed by atoms with Gasteiger partial charge >= 0.3 is 0 Å². The van der Waals surface area contributed by atoms with E-state index in [2.05, 4.69) is 37.9 Å². The molecule has 5 rings (SSSR count). The normalized spacial score (nSPS) is 10.7. The fourth-order valence-electron chi connectivity index (χ4n) is 3.85. The van der Waals surface area contributed by atoms with Gasteiger partial charge in [0.05, 0.1) is 25.9 Å². The molecule has 0 radical (unpaired) electrons. The van der Waals surface area contributed by atoms with Gasteiger partial charge in [0.2, 0.25) is 0 Å². The van der Waals surface area contributed by atoms with Crippen molar-refractivity contribution in [3.8, 4) is 28.7 Å². The van der Waals surface area contributed by atoms with E-state index in [9.17, 15) is 9.59 Å². The van der Waals surface area contributed by atoms with Gasteiger partial charge in [-0.1, -0.05) is 18.2 Å². The predicted molar refractivity (Wildman–Crippen MR) is 152 cm³/mol. The third-order valence-electron chi connectivity index (χ3n) is 5.68. The Morgan fingerprint density at radius 2 is 1.68 bits per heavy atom. The first-order valence-electron chi connectivity index (χ1n) is 11.4. The lowest BCUT2D eigenvalue weighted by Gasteiger charge is -2.12. The highest BCUT2D eigenvalue weighted by Crippen LogP contribution is 2.36. The molecule has 0 saturated heterocycles. The quantitative estimate of drug-likeness (QED) is 0.242. The number of amides is 1. The Labute approximate surface area is 231 Å². The first-order chi connectivity index (χ1) is 18.5. The van der Waals surface area contributed by atoms with E-state index in [1.54, 1.807) is 75.1 Å². The smallest absolute Gasteiger partial charge is 0.268 e. The maximum Gasteiger partial charge on any atom is 0.268 e. The lowest BCUT2D eigenvalue weighted by atomic mass is 10.2. The van der Waals surface area contributed by atoms with E-state index in [0.29, 0.717) is 34.2 Å². The van der Waals surface area contributed by atoms with Crippen LogP contribution >= 0.6 is 22.6 Å². The lowest BCUT2D eigenvalue weighted by Crippen LogP contribution is -2.28. The second-order valence-corrected chi connectivity index (χ2v) is 9.30. The number of aromatic nitrogens is 3. The molecule has 9 nitrogen and oxygen atoms in total. The highest BCUT2D eigenvalue weighted by Gasteiger charge is 2.16. The van der Waals surface area contributed by atoms with Crippen LogP contribution in [0.15, 0.2) is 90.1 Å². The zero-order valence-corrected chi connectivity index (χ0v) is 22.5. The summed E-state index contributed by atoms with van der Waals surface area (Å²) in [4.78, 5) is 34.7. The molecule has 0 aliphatic rings. The molecule has 5 aromatic rings. The Bertz CT molecular complexity index is 1690. The molecule has 1 N–H and O–H groups in total. The van der Waals surface area contributed by atoms with Crippen LogP contribution in [0.5, 0.6) is 23.0 Å². The summed E-state index contributed by atoms with van der Waals surface area (Å²) in [5.41, 5.74) is 0.932. The predicted octanol–water partition coefficient (Wildman–Crippen LogP) is 5.45. The molecule has 190 valence electrons. The second-order valence-electron chi connectivity index (χ2n) is 8.05. The minimum Gasteiger partial charge on any atom is -0.493 e. The van der Waals surface area contributed by atoms with Crippen LogP contribution in [0.25, 0.3) is 16.6 Å². The first-order valence-corrected chi connectivity index (χ1v) is 12.5. The molecule has 3 aromatic heterocycles. The van der Waals surface area contributed by atoms with Gasteiger partial charge in [-0.15, -0.1) is 0 Å². The van der Waals surface area contributed by atoms with Crippen LogP contribution in [0.4, 0.5) is 5.82 Å². The number of benzene rings is 2. The number of nitrogens with one attached hydrogen (secondary N) is 1. The fraction of sp³-hybridized carbons (Fsp3) is 0.0714. The fourth-order valence-corrected chi connectivity index (χ4v) is 4.44. The molecular weight excluding hydrogens is 599 g/mol. The van der Waals surface area contributed by atoms with Crippen molar-refractivity contribution in [2.24, 2.45) is 0 Å². The zero-order valence-electron chi connectivity index (χ0n) is 20.3. The van der Waals surface area contributed by atoms with Crippen LogP contribution in [0, 0.1) is 3.57 Å². The number of halogens is 1. The van der Waals surface area contributed by atoms with E-state index in [1.165, 1.54) is 10.8 Å². The van der Waals surface area contributed by atoms with Crippen molar-refractivity contribution < 1.29 is 19.0 Å². The van der Waals surface area contributed by atoms with Crippen molar-refractivity contribution in [3.05, 3.63) is 105 Å². The molecule has 0 aliphatic carbocycles. The molecule has 0 unspecified atom stereocenters. The first kappa shape index (κ1) is 25.2. The monoisotopic (exact) mass is 620 g/mol.